The number of nitrogens with one attached hydrogen (secondary N) is 2. The lowest BCUT2D eigenvalue weighted by Gasteiger charge is -2.13. The first-order valence-corrected chi connectivity index (χ1v) is 11.2. The largest absolute Gasteiger partial charge is 0.342 e. The third-order valence-corrected chi connectivity index (χ3v) is 5.97. The van der Waals surface area contributed by atoms with E-state index in [4.69, 9.17) is 4.98 Å². The van der Waals surface area contributed by atoms with Gasteiger partial charge in [0.15, 0.2) is 0 Å². The Labute approximate surface area is 189 Å². The van der Waals surface area contributed by atoms with Crippen molar-refractivity contribution in [3.63, 3.8) is 0 Å². The van der Waals surface area contributed by atoms with Gasteiger partial charge in [0.25, 0.3) is 5.91 Å². The molecule has 0 spiro atoms. The van der Waals surface area contributed by atoms with E-state index in [1.807, 2.05) is 63.2 Å². The summed E-state index contributed by atoms with van der Waals surface area (Å²) in [4.78, 5) is 30.3. The molecule has 0 radical (unpaired) electrons. The Morgan fingerprint density at radius 2 is 1.72 bits per heavy atom. The van der Waals surface area contributed by atoms with Crippen molar-refractivity contribution in [1.29, 1.82) is 0 Å². The smallest absolute Gasteiger partial charge is 0.272 e. The zero-order chi connectivity index (χ0) is 22.7. The highest BCUT2D eigenvalue weighted by Gasteiger charge is 2.24. The van der Waals surface area contributed by atoms with Gasteiger partial charge in [0, 0.05) is 17.8 Å². The summed E-state index contributed by atoms with van der Waals surface area (Å²) in [7, 11) is 0. The second kappa shape index (κ2) is 9.39. The lowest BCUT2D eigenvalue weighted by molar-refractivity contribution is -0.115. The number of benzene rings is 2. The molecule has 1 aliphatic heterocycles. The molecule has 3 aromatic rings. The van der Waals surface area contributed by atoms with Crippen molar-refractivity contribution in [3.8, 4) is 11.4 Å². The van der Waals surface area contributed by atoms with E-state index in [0.29, 0.717) is 5.69 Å². The number of aryl methyl sites for hydroxylation is 3. The van der Waals surface area contributed by atoms with Gasteiger partial charge in [-0.15, -0.1) is 0 Å². The SMILES string of the molecule is Cc1cc(C)c(NC(=O)CNC(=O)c2nc(-c3ccccc3)n3c2CCCCC3)c(C)c1. The van der Waals surface area contributed by atoms with Gasteiger partial charge in [0.2, 0.25) is 5.91 Å². The number of carbonyl (C=O) groups excluding carboxylic acids is 2. The molecule has 0 unspecified atom stereocenters. The molecule has 1 aliphatic rings. The van der Waals surface area contributed by atoms with E-state index in [2.05, 4.69) is 15.2 Å². The Morgan fingerprint density at radius 1 is 1.00 bits per heavy atom. The summed E-state index contributed by atoms with van der Waals surface area (Å²) >= 11 is 0. The standard InChI is InChI=1S/C26H30N4O2/c1-17-14-18(2)23(19(3)15-17)28-22(31)16-27-26(32)24-21-12-8-5-9-13-30(21)25(29-24)20-10-6-4-7-11-20/h4,6-7,10-11,14-15H,5,8-9,12-13,16H2,1-3H3,(H,27,32)(H,28,31). The number of aromatic nitrogens is 2. The Kier molecular flexibility index (Phi) is 6.40. The van der Waals surface area contributed by atoms with Crippen LogP contribution >= 0.6 is 0 Å². The zero-order valence-corrected chi connectivity index (χ0v) is 19.0. The maximum atomic E-state index is 13.0. The highest BCUT2D eigenvalue weighted by molar-refractivity contribution is 6.00. The number of rotatable bonds is 5. The molecule has 0 fully saturated rings. The molecule has 0 bridgehead atoms. The van der Waals surface area contributed by atoms with Gasteiger partial charge in [0.05, 0.1) is 12.2 Å². The number of fused-ring (bicyclic) bond motifs is 1. The first-order valence-electron chi connectivity index (χ1n) is 11.2. The molecule has 0 aliphatic carbocycles. The summed E-state index contributed by atoms with van der Waals surface area (Å²) < 4.78 is 2.18. The molecule has 166 valence electrons. The van der Waals surface area contributed by atoms with Crippen LogP contribution in [0.1, 0.15) is 52.1 Å². The molecule has 0 saturated heterocycles. The topological polar surface area (TPSA) is 76.0 Å². The van der Waals surface area contributed by atoms with Gasteiger partial charge in [-0.05, 0) is 51.2 Å². The Morgan fingerprint density at radius 3 is 2.44 bits per heavy atom. The predicted molar refractivity (Wildman–Crippen MR) is 127 cm³/mol. The zero-order valence-electron chi connectivity index (χ0n) is 19.0. The quantitative estimate of drug-likeness (QED) is 0.623. The van der Waals surface area contributed by atoms with Crippen molar-refractivity contribution < 1.29 is 9.59 Å². The summed E-state index contributed by atoms with van der Waals surface area (Å²) in [6, 6.07) is 14.0. The van der Waals surface area contributed by atoms with Crippen molar-refractivity contribution in [3.05, 3.63) is 70.5 Å². The third kappa shape index (κ3) is 4.59. The van der Waals surface area contributed by atoms with Crippen LogP contribution in [0.25, 0.3) is 11.4 Å². The van der Waals surface area contributed by atoms with E-state index in [1.54, 1.807) is 0 Å². The predicted octanol–water partition coefficient (Wildman–Crippen LogP) is 4.57. The molecule has 2 heterocycles. The van der Waals surface area contributed by atoms with Gasteiger partial charge in [-0.25, -0.2) is 4.98 Å². The van der Waals surface area contributed by atoms with Gasteiger partial charge in [0.1, 0.15) is 11.5 Å². The second-order valence-electron chi connectivity index (χ2n) is 8.56. The van der Waals surface area contributed by atoms with Gasteiger partial charge in [-0.3, -0.25) is 9.59 Å². The fraction of sp³-hybridized carbons (Fsp3) is 0.346. The fourth-order valence-electron chi connectivity index (χ4n) is 4.51. The van der Waals surface area contributed by atoms with Gasteiger partial charge < -0.3 is 15.2 Å². The average Bonchev–Trinajstić information content (AvgIpc) is 2.96. The van der Waals surface area contributed by atoms with Gasteiger partial charge in [-0.1, -0.05) is 54.4 Å². The number of imidazole rings is 1. The van der Waals surface area contributed by atoms with Crippen LogP contribution in [0.3, 0.4) is 0 Å². The van der Waals surface area contributed by atoms with Crippen molar-refractivity contribution in [2.45, 2.75) is 53.0 Å². The minimum atomic E-state index is -0.301. The minimum Gasteiger partial charge on any atom is -0.342 e. The van der Waals surface area contributed by atoms with Crippen molar-refractivity contribution in [1.82, 2.24) is 14.9 Å². The maximum Gasteiger partial charge on any atom is 0.272 e. The van der Waals surface area contributed by atoms with E-state index in [9.17, 15) is 9.59 Å². The number of carbonyl (C=O) groups is 2. The molecule has 6 heteroatoms. The van der Waals surface area contributed by atoms with Crippen molar-refractivity contribution in [2.24, 2.45) is 0 Å². The normalized spacial score (nSPS) is 13.2. The number of nitrogens with zero attached hydrogens (tertiary/aromatic N) is 2. The molecule has 1 aromatic heterocycles. The number of anilines is 1. The van der Waals surface area contributed by atoms with Crippen LogP contribution in [0, 0.1) is 20.8 Å². The molecular weight excluding hydrogens is 400 g/mol. The number of hydrogen-bond donors (Lipinski definition) is 2. The first-order chi connectivity index (χ1) is 15.4. The molecule has 4 rings (SSSR count). The summed E-state index contributed by atoms with van der Waals surface area (Å²) in [5.74, 6) is 0.273. The fourth-order valence-corrected chi connectivity index (χ4v) is 4.51. The van der Waals surface area contributed by atoms with Crippen LogP contribution in [0.4, 0.5) is 5.69 Å². The van der Waals surface area contributed by atoms with Crippen LogP contribution in [-0.2, 0) is 17.8 Å². The third-order valence-electron chi connectivity index (χ3n) is 5.97. The molecule has 2 aromatic carbocycles. The Balaban J connectivity index is 1.51. The van der Waals surface area contributed by atoms with Crippen molar-refractivity contribution >= 4 is 17.5 Å². The van der Waals surface area contributed by atoms with E-state index in [1.165, 1.54) is 0 Å². The monoisotopic (exact) mass is 430 g/mol. The van der Waals surface area contributed by atoms with Crippen LogP contribution in [0.5, 0.6) is 0 Å². The highest BCUT2D eigenvalue weighted by atomic mass is 16.2. The molecule has 32 heavy (non-hydrogen) atoms. The first kappa shape index (κ1) is 21.8. The van der Waals surface area contributed by atoms with Crippen LogP contribution < -0.4 is 10.6 Å². The molecule has 2 N–H and O–H groups in total. The molecule has 6 nitrogen and oxygen atoms in total. The molecular formula is C26H30N4O2. The van der Waals surface area contributed by atoms with Crippen molar-refractivity contribution in [2.75, 3.05) is 11.9 Å². The molecule has 0 atom stereocenters. The summed E-state index contributed by atoms with van der Waals surface area (Å²) in [6.45, 7) is 6.73. The number of amides is 2. The molecule has 2 amide bonds. The lowest BCUT2D eigenvalue weighted by Crippen LogP contribution is -2.34. The summed E-state index contributed by atoms with van der Waals surface area (Å²) in [6.07, 6.45) is 4.06. The highest BCUT2D eigenvalue weighted by Crippen LogP contribution is 2.27. The summed E-state index contributed by atoms with van der Waals surface area (Å²) in [5.41, 5.74) is 6.37. The van der Waals surface area contributed by atoms with E-state index < -0.39 is 0 Å². The average molecular weight is 431 g/mol. The minimum absolute atomic E-state index is 0.0987. The summed E-state index contributed by atoms with van der Waals surface area (Å²) in [5, 5.41) is 5.71. The van der Waals surface area contributed by atoms with Crippen LogP contribution in [-0.4, -0.2) is 27.9 Å². The maximum absolute atomic E-state index is 13.0. The molecule has 0 saturated carbocycles. The number of hydrogen-bond acceptors (Lipinski definition) is 3. The van der Waals surface area contributed by atoms with Gasteiger partial charge in [-0.2, -0.15) is 0 Å². The van der Waals surface area contributed by atoms with E-state index in [-0.39, 0.29) is 18.4 Å². The lowest BCUT2D eigenvalue weighted by atomic mass is 10.1. The Hall–Kier alpha value is -3.41. The van der Waals surface area contributed by atoms with Crippen LogP contribution in [0.2, 0.25) is 0 Å². The van der Waals surface area contributed by atoms with Crippen LogP contribution in [0.15, 0.2) is 42.5 Å². The van der Waals surface area contributed by atoms with E-state index >= 15 is 0 Å². The van der Waals surface area contributed by atoms with Gasteiger partial charge >= 0.3 is 0 Å². The second-order valence-corrected chi connectivity index (χ2v) is 8.56. The Bertz CT molecular complexity index is 1130. The van der Waals surface area contributed by atoms with E-state index in [0.717, 1.165) is 71.7 Å².